The molecule has 0 radical (unpaired) electrons. The minimum absolute atomic E-state index is 0.0214. The molecule has 0 saturated heterocycles. The Bertz CT molecular complexity index is 2630. The van der Waals surface area contributed by atoms with E-state index in [4.69, 9.17) is 4.74 Å². The first kappa shape index (κ1) is 55.5. The van der Waals surface area contributed by atoms with Crippen molar-refractivity contribution < 1.29 is 19.1 Å². The van der Waals surface area contributed by atoms with E-state index in [9.17, 15) is 4.79 Å². The summed E-state index contributed by atoms with van der Waals surface area (Å²) in [5, 5.41) is 3.97. The number of ether oxygens (including phenoxy) is 1. The van der Waals surface area contributed by atoms with Gasteiger partial charge in [0.2, 0.25) is 0 Å². The van der Waals surface area contributed by atoms with Gasteiger partial charge in [0.05, 0.1) is 44.6 Å². The van der Waals surface area contributed by atoms with Gasteiger partial charge in [0.15, 0.2) is 0 Å². The number of esters is 1. The van der Waals surface area contributed by atoms with Crippen molar-refractivity contribution in [1.29, 1.82) is 0 Å². The molecule has 0 aliphatic carbocycles. The number of fused-ring (bicyclic) bond motifs is 5. The second-order valence-electron chi connectivity index (χ2n) is 22.4. The van der Waals surface area contributed by atoms with Crippen molar-refractivity contribution in [3.8, 4) is 10.4 Å². The fourth-order valence-electron chi connectivity index (χ4n) is 11.5. The van der Waals surface area contributed by atoms with Crippen LogP contribution in [0.15, 0.2) is 60.0 Å². The quantitative estimate of drug-likeness (QED) is 0.0261. The van der Waals surface area contributed by atoms with Crippen molar-refractivity contribution >= 4 is 83.2 Å². The monoisotopic (exact) mass is 1010 g/mol. The van der Waals surface area contributed by atoms with Crippen molar-refractivity contribution in [2.45, 2.75) is 208 Å². The van der Waals surface area contributed by atoms with Crippen LogP contribution in [0.2, 0.25) is 0 Å². The fraction of sp³-hybridized carbons (Fsp3) is 0.578. The largest absolute Gasteiger partial charge is 0.465 e. The third kappa shape index (κ3) is 13.3. The van der Waals surface area contributed by atoms with Gasteiger partial charge in [-0.1, -0.05) is 201 Å². The number of methoxy groups -OCH3 is 1. The molecule has 72 heavy (non-hydrogen) atoms. The summed E-state index contributed by atoms with van der Waals surface area (Å²) in [4.78, 5) is 49.7. The first-order chi connectivity index (χ1) is 34.9. The standard InChI is InChI=1S/C64H88N2O4S2/c1-9-13-17-21-23-27-31-45(29-25-19-15-11-3)43-65-54-40-47(56-41-48-39-53(63(69)70-8)50-37-38-71-60(50)59(48)72-56)33-35-51(54)57(61(65)67)58-52-36-34-49(64(5,6)7)42-55(52)66(62(58)68)44-46(30-26-20-16-12-4)32-28-24-22-18-14-10-2/h33-42,45-46H,9-32,43-44H2,1-8H3/b58-57+. The van der Waals surface area contributed by atoms with E-state index in [0.717, 1.165) is 78.8 Å². The maximum absolute atomic E-state index is 15.8. The average molecular weight is 1010 g/mol. The molecule has 0 spiro atoms. The van der Waals surface area contributed by atoms with Crippen LogP contribution < -0.4 is 9.80 Å². The van der Waals surface area contributed by atoms with Gasteiger partial charge in [0.25, 0.3) is 11.8 Å². The van der Waals surface area contributed by atoms with Gasteiger partial charge in [-0.3, -0.25) is 9.59 Å². The second-order valence-corrected chi connectivity index (χ2v) is 24.4. The van der Waals surface area contributed by atoms with Gasteiger partial charge in [-0.2, -0.15) is 0 Å². The van der Waals surface area contributed by atoms with E-state index in [1.165, 1.54) is 141 Å². The first-order valence-electron chi connectivity index (χ1n) is 28.6. The summed E-state index contributed by atoms with van der Waals surface area (Å²) >= 11 is 3.39. The van der Waals surface area contributed by atoms with Crippen molar-refractivity contribution in [1.82, 2.24) is 0 Å². The van der Waals surface area contributed by atoms with Gasteiger partial charge in [-0.25, -0.2) is 4.79 Å². The van der Waals surface area contributed by atoms with E-state index in [-0.39, 0.29) is 23.2 Å². The van der Waals surface area contributed by atoms with Gasteiger partial charge in [0.1, 0.15) is 0 Å². The van der Waals surface area contributed by atoms with E-state index >= 15 is 9.59 Å². The summed E-state index contributed by atoms with van der Waals surface area (Å²) in [7, 11) is 1.44. The number of thiophene rings is 2. The third-order valence-corrected chi connectivity index (χ3v) is 18.1. The summed E-state index contributed by atoms with van der Waals surface area (Å²) in [6, 6.07) is 19.3. The lowest BCUT2D eigenvalue weighted by Crippen LogP contribution is -2.34. The maximum atomic E-state index is 15.8. The molecule has 0 saturated carbocycles. The SMILES string of the molecule is CCCCCCCCC(CCCCCC)CN1C(=O)/C(=C2/C(=O)N(CC(CCCCCC)CCCCCCCC)c3cc(C(C)(C)C)ccc32)c2ccc(-c3cc4cc(C(=O)OC)c5ccsc5c4s3)cc21. The molecule has 2 unspecified atom stereocenters. The predicted octanol–water partition coefficient (Wildman–Crippen LogP) is 19.1. The van der Waals surface area contributed by atoms with Gasteiger partial charge in [-0.05, 0) is 95.2 Å². The van der Waals surface area contributed by atoms with Crippen LogP contribution in [0.1, 0.15) is 230 Å². The average Bonchev–Trinajstić information content (AvgIpc) is 4.15. The van der Waals surface area contributed by atoms with Crippen LogP contribution in [0.4, 0.5) is 11.4 Å². The number of rotatable bonds is 30. The summed E-state index contributed by atoms with van der Waals surface area (Å²) in [5.41, 5.74) is 7.48. The van der Waals surface area contributed by atoms with E-state index in [0.29, 0.717) is 41.6 Å². The highest BCUT2D eigenvalue weighted by molar-refractivity contribution is 7.28. The Balaban J connectivity index is 1.32. The van der Waals surface area contributed by atoms with Crippen molar-refractivity contribution in [3.05, 3.63) is 82.2 Å². The number of hydrogen-bond acceptors (Lipinski definition) is 6. The number of unbranched alkanes of at least 4 members (excludes halogenated alkanes) is 16. The summed E-state index contributed by atoms with van der Waals surface area (Å²) < 4.78 is 7.45. The summed E-state index contributed by atoms with van der Waals surface area (Å²) in [6.07, 6.45) is 29.2. The lowest BCUT2D eigenvalue weighted by Gasteiger charge is -2.26. The Morgan fingerprint density at radius 1 is 0.569 bits per heavy atom. The summed E-state index contributed by atoms with van der Waals surface area (Å²) in [5.74, 6) is 0.365. The number of hydrogen-bond donors (Lipinski definition) is 0. The molecule has 0 N–H and O–H groups in total. The molecular formula is C64H88N2O4S2. The highest BCUT2D eigenvalue weighted by Crippen LogP contribution is 2.50. The van der Waals surface area contributed by atoms with E-state index < -0.39 is 0 Å². The normalized spacial score (nSPS) is 15.6. The van der Waals surface area contributed by atoms with Gasteiger partial charge in [0, 0.05) is 34.5 Å². The van der Waals surface area contributed by atoms with Gasteiger partial charge < -0.3 is 14.5 Å². The number of anilines is 2. The molecule has 0 fully saturated rings. The fourth-order valence-corrected chi connectivity index (χ4v) is 13.7. The third-order valence-electron chi connectivity index (χ3n) is 15.8. The molecule has 4 heterocycles. The number of carbonyl (C=O) groups is 3. The van der Waals surface area contributed by atoms with Crippen LogP contribution in [-0.4, -0.2) is 38.0 Å². The van der Waals surface area contributed by atoms with Crippen LogP contribution in [0.5, 0.6) is 0 Å². The van der Waals surface area contributed by atoms with Crippen molar-refractivity contribution in [2.24, 2.45) is 11.8 Å². The molecule has 2 aliphatic rings. The van der Waals surface area contributed by atoms with Crippen LogP contribution in [0.3, 0.4) is 0 Å². The minimum Gasteiger partial charge on any atom is -0.465 e. The predicted molar refractivity (Wildman–Crippen MR) is 311 cm³/mol. The molecule has 6 nitrogen and oxygen atoms in total. The second kappa shape index (κ2) is 26.8. The molecular weight excluding hydrogens is 925 g/mol. The lowest BCUT2D eigenvalue weighted by atomic mass is 9.85. The smallest absolute Gasteiger partial charge is 0.338 e. The minimum atomic E-state index is -0.331. The molecule has 390 valence electrons. The highest BCUT2D eigenvalue weighted by Gasteiger charge is 2.43. The number of amides is 2. The van der Waals surface area contributed by atoms with Crippen molar-refractivity contribution in [3.63, 3.8) is 0 Å². The highest BCUT2D eigenvalue weighted by atomic mass is 32.1. The Morgan fingerprint density at radius 3 is 1.54 bits per heavy atom. The van der Waals surface area contributed by atoms with Crippen molar-refractivity contribution in [2.75, 3.05) is 30.0 Å². The molecule has 0 bridgehead atoms. The van der Waals surface area contributed by atoms with Gasteiger partial charge in [-0.15, -0.1) is 22.7 Å². The van der Waals surface area contributed by atoms with Crippen LogP contribution in [0, 0.1) is 11.8 Å². The zero-order chi connectivity index (χ0) is 51.2. The molecule has 7 rings (SSSR count). The molecule has 8 heteroatoms. The molecule has 2 amide bonds. The van der Waals surface area contributed by atoms with E-state index in [1.807, 2.05) is 17.5 Å². The van der Waals surface area contributed by atoms with Gasteiger partial charge >= 0.3 is 5.97 Å². The van der Waals surface area contributed by atoms with Crippen LogP contribution >= 0.6 is 22.7 Å². The van der Waals surface area contributed by atoms with E-state index in [1.54, 1.807) is 22.7 Å². The lowest BCUT2D eigenvalue weighted by molar-refractivity contribution is -0.114. The maximum Gasteiger partial charge on any atom is 0.338 e. The first-order valence-corrected chi connectivity index (χ1v) is 30.3. The molecule has 2 atom stereocenters. The molecule has 5 aromatic rings. The molecule has 2 aliphatic heterocycles. The van der Waals surface area contributed by atoms with Crippen LogP contribution in [-0.2, 0) is 19.7 Å². The van der Waals surface area contributed by atoms with E-state index in [2.05, 4.69) is 101 Å². The Morgan fingerprint density at radius 2 is 1.04 bits per heavy atom. The van der Waals surface area contributed by atoms with Crippen LogP contribution in [0.25, 0.3) is 41.8 Å². The Labute approximate surface area is 442 Å². The molecule has 3 aromatic carbocycles. The Hall–Kier alpha value is -4.27. The molecule has 2 aromatic heterocycles. The zero-order valence-electron chi connectivity index (χ0n) is 45.7. The number of benzene rings is 3. The Kier molecular flexibility index (Phi) is 20.6. The topological polar surface area (TPSA) is 66.9 Å². The summed E-state index contributed by atoms with van der Waals surface area (Å²) in [6.45, 7) is 17.2. The number of carbonyl (C=O) groups excluding carboxylic acids is 3. The number of nitrogens with zero attached hydrogens (tertiary/aromatic N) is 2. The zero-order valence-corrected chi connectivity index (χ0v) is 47.3.